The molecule has 0 aliphatic rings. The summed E-state index contributed by atoms with van der Waals surface area (Å²) in [6.07, 6.45) is 3.15. The third-order valence-electron chi connectivity index (χ3n) is 4.96. The number of sulfone groups is 1. The van der Waals surface area contributed by atoms with Gasteiger partial charge in [-0.05, 0) is 40.4 Å². The molecule has 0 radical (unpaired) electrons. The molecular formula is C20H15BrFN5O4S3. The van der Waals surface area contributed by atoms with Crippen LogP contribution in [0.3, 0.4) is 0 Å². The normalized spacial score (nSPS) is 11.7. The van der Waals surface area contributed by atoms with Crippen LogP contribution in [0.5, 0.6) is 0 Å². The van der Waals surface area contributed by atoms with Crippen molar-refractivity contribution in [3.8, 4) is 0 Å². The van der Waals surface area contributed by atoms with Crippen molar-refractivity contribution in [1.82, 2.24) is 9.55 Å². The second-order valence-corrected chi connectivity index (χ2v) is 11.9. The molecule has 34 heavy (non-hydrogen) atoms. The molecular weight excluding hydrogens is 569 g/mol. The fourth-order valence-corrected chi connectivity index (χ4v) is 7.94. The van der Waals surface area contributed by atoms with E-state index in [0.29, 0.717) is 24.6 Å². The molecule has 0 amide bonds. The van der Waals surface area contributed by atoms with Crippen LogP contribution in [-0.2, 0) is 16.4 Å². The van der Waals surface area contributed by atoms with Gasteiger partial charge in [0.05, 0.1) is 42.2 Å². The van der Waals surface area contributed by atoms with Crippen LogP contribution in [0.25, 0.3) is 11.0 Å². The molecule has 0 bridgehead atoms. The lowest BCUT2D eigenvalue weighted by Gasteiger charge is -2.09. The van der Waals surface area contributed by atoms with Crippen LogP contribution < -0.4 is 5.73 Å². The Kier molecular flexibility index (Phi) is 6.50. The summed E-state index contributed by atoms with van der Waals surface area (Å²) < 4.78 is 44.1. The zero-order valence-electron chi connectivity index (χ0n) is 17.3. The molecule has 0 aliphatic heterocycles. The molecule has 4 rings (SSSR count). The number of fused-ring (bicyclic) bond motifs is 1. The van der Waals surface area contributed by atoms with E-state index in [2.05, 4.69) is 20.9 Å². The Morgan fingerprint density at radius 2 is 2.12 bits per heavy atom. The van der Waals surface area contributed by atoms with Gasteiger partial charge in [0, 0.05) is 16.1 Å². The van der Waals surface area contributed by atoms with Crippen molar-refractivity contribution in [2.45, 2.75) is 20.5 Å². The van der Waals surface area contributed by atoms with Gasteiger partial charge < -0.3 is 10.3 Å². The van der Waals surface area contributed by atoms with Crippen LogP contribution in [0.15, 0.2) is 61.2 Å². The highest BCUT2D eigenvalue weighted by Gasteiger charge is 2.27. The topological polar surface area (TPSA) is 145 Å². The van der Waals surface area contributed by atoms with Gasteiger partial charge in [-0.3, -0.25) is 15.5 Å². The maximum absolute atomic E-state index is 14.6. The van der Waals surface area contributed by atoms with Crippen LogP contribution in [0.4, 0.5) is 10.1 Å². The van der Waals surface area contributed by atoms with Gasteiger partial charge in [0.2, 0.25) is 15.7 Å². The maximum Gasteiger partial charge on any atom is 0.305 e. The van der Waals surface area contributed by atoms with Crippen molar-refractivity contribution < 1.29 is 17.7 Å². The van der Waals surface area contributed by atoms with E-state index in [-0.39, 0.29) is 27.7 Å². The molecule has 3 N–H and O–H groups in total. The predicted octanol–water partition coefficient (Wildman–Crippen LogP) is 4.79. The molecule has 2 aromatic carbocycles. The molecule has 2 aromatic heterocycles. The zero-order valence-corrected chi connectivity index (χ0v) is 21.3. The number of imidazole rings is 1. The van der Waals surface area contributed by atoms with Crippen molar-refractivity contribution in [3.63, 3.8) is 0 Å². The highest BCUT2D eigenvalue weighted by atomic mass is 79.9. The summed E-state index contributed by atoms with van der Waals surface area (Å²) in [5.41, 5.74) is 5.81. The Labute approximate surface area is 209 Å². The molecule has 14 heteroatoms. The first-order valence-electron chi connectivity index (χ1n) is 9.38. The Balaban J connectivity index is 1.84. The molecule has 4 aromatic rings. The third-order valence-corrected chi connectivity index (χ3v) is 9.89. The van der Waals surface area contributed by atoms with E-state index < -0.39 is 26.3 Å². The largest absolute Gasteiger partial charge is 0.383 e. The smallest absolute Gasteiger partial charge is 0.305 e. The number of nitrogens with zero attached hydrogens (tertiary/aromatic N) is 3. The number of nitrogen functional groups attached to an aromatic ring is 1. The van der Waals surface area contributed by atoms with Crippen LogP contribution in [-0.4, -0.2) is 35.0 Å². The third kappa shape index (κ3) is 4.21. The second kappa shape index (κ2) is 9.09. The number of nitrogens with one attached hydrogen (secondary N) is 1. The van der Waals surface area contributed by atoms with Crippen molar-refractivity contribution in [1.29, 1.82) is 5.41 Å². The average molecular weight is 584 g/mol. The van der Waals surface area contributed by atoms with Gasteiger partial charge in [0.1, 0.15) is 11.4 Å². The van der Waals surface area contributed by atoms with E-state index in [1.54, 1.807) is 6.26 Å². The lowest BCUT2D eigenvalue weighted by atomic mass is 10.2. The number of nitro benzene ring substituents is 1. The second-order valence-electron chi connectivity index (χ2n) is 7.04. The Hall–Kier alpha value is -2.81. The van der Waals surface area contributed by atoms with E-state index in [1.165, 1.54) is 53.0 Å². The minimum Gasteiger partial charge on any atom is -0.383 e. The Bertz CT molecular complexity index is 1580. The first kappa shape index (κ1) is 24.3. The zero-order chi connectivity index (χ0) is 24.8. The average Bonchev–Trinajstić information content (AvgIpc) is 3.40. The number of rotatable bonds is 7. The monoisotopic (exact) mass is 583 g/mol. The summed E-state index contributed by atoms with van der Waals surface area (Å²) in [7, 11) is -4.00. The number of thiophene rings is 1. The number of aromatic nitrogens is 2. The summed E-state index contributed by atoms with van der Waals surface area (Å²) in [6, 6.07) is 8.11. The van der Waals surface area contributed by atoms with Crippen LogP contribution >= 0.6 is 39.0 Å². The summed E-state index contributed by atoms with van der Waals surface area (Å²) in [4.78, 5) is 14.9. The van der Waals surface area contributed by atoms with E-state index >= 15 is 0 Å². The predicted molar refractivity (Wildman–Crippen MR) is 132 cm³/mol. The highest BCUT2D eigenvalue weighted by Crippen LogP contribution is 2.38. The van der Waals surface area contributed by atoms with Crippen LogP contribution in [0, 0.1) is 21.3 Å². The van der Waals surface area contributed by atoms with Gasteiger partial charge in [-0.1, -0.05) is 12.1 Å². The molecule has 0 fully saturated rings. The molecule has 9 nitrogen and oxygen atoms in total. The van der Waals surface area contributed by atoms with Gasteiger partial charge in [0.15, 0.2) is 0 Å². The van der Waals surface area contributed by atoms with Crippen molar-refractivity contribution >= 4 is 71.4 Å². The minimum absolute atomic E-state index is 0.0312. The first-order chi connectivity index (χ1) is 16.0. The molecule has 0 unspecified atom stereocenters. The van der Waals surface area contributed by atoms with Gasteiger partial charge in [-0.25, -0.2) is 13.4 Å². The van der Waals surface area contributed by atoms with Gasteiger partial charge in [-0.15, -0.1) is 23.1 Å². The summed E-state index contributed by atoms with van der Waals surface area (Å²) in [6.45, 7) is -0.0943. The van der Waals surface area contributed by atoms with Gasteiger partial charge in [0.25, 0.3) is 0 Å². The minimum atomic E-state index is -4.00. The first-order valence-corrected chi connectivity index (χ1v) is 13.7. The van der Waals surface area contributed by atoms with Crippen LogP contribution in [0.1, 0.15) is 10.4 Å². The summed E-state index contributed by atoms with van der Waals surface area (Å²) >= 11 is 5.71. The Morgan fingerprint density at radius 3 is 2.76 bits per heavy atom. The number of halogens is 2. The number of thioether (sulfide) groups is 1. The van der Waals surface area contributed by atoms with E-state index in [9.17, 15) is 22.9 Å². The summed E-state index contributed by atoms with van der Waals surface area (Å²) in [5.74, 6) is -1.19. The van der Waals surface area contributed by atoms with Gasteiger partial charge in [-0.2, -0.15) is 4.39 Å². The standard InChI is InChI=1S/C20H15BrFN5O4S3/c1-32-20-16(7-15(33-20)19(23)24)34(30,31)11-5-12(21)18-14(6-11)26(9-25-18)8-10-3-2-4-13(17(10)22)27(28)29/h2-7,9H,8H2,1H3,(H3,23,24). The fraction of sp³-hybridized carbons (Fsp3) is 0.100. The molecule has 0 spiro atoms. The fourth-order valence-electron chi connectivity index (χ4n) is 3.34. The van der Waals surface area contributed by atoms with E-state index in [1.807, 2.05) is 0 Å². The SMILES string of the molecule is CSc1sc(C(=N)N)cc1S(=O)(=O)c1cc(Br)c2ncn(Cc3cccc([N+](=O)[O-])c3F)c2c1. The van der Waals surface area contributed by atoms with Crippen molar-refractivity contribution in [2.75, 3.05) is 6.26 Å². The molecule has 0 atom stereocenters. The van der Waals surface area contributed by atoms with Gasteiger partial charge >= 0.3 is 5.69 Å². The number of amidine groups is 1. The van der Waals surface area contributed by atoms with Crippen LogP contribution in [0.2, 0.25) is 0 Å². The summed E-state index contributed by atoms with van der Waals surface area (Å²) in [5, 5.41) is 18.7. The number of nitrogens with two attached hydrogens (primary N) is 1. The van der Waals surface area contributed by atoms with Crippen molar-refractivity contribution in [2.24, 2.45) is 5.73 Å². The molecule has 0 saturated heterocycles. The molecule has 0 saturated carbocycles. The quantitative estimate of drug-likeness (QED) is 0.104. The lowest BCUT2D eigenvalue weighted by Crippen LogP contribution is -2.09. The maximum atomic E-state index is 14.6. The number of nitro groups is 1. The molecule has 176 valence electrons. The Morgan fingerprint density at radius 1 is 1.38 bits per heavy atom. The van der Waals surface area contributed by atoms with Crippen molar-refractivity contribution in [3.05, 3.63) is 73.6 Å². The lowest BCUT2D eigenvalue weighted by molar-refractivity contribution is -0.387. The highest BCUT2D eigenvalue weighted by molar-refractivity contribution is 9.10. The number of hydrogen-bond donors (Lipinski definition) is 2. The number of benzene rings is 2. The number of hydrogen-bond acceptors (Lipinski definition) is 8. The molecule has 0 aliphatic carbocycles. The molecule has 2 heterocycles. The van der Waals surface area contributed by atoms with E-state index in [0.717, 1.165) is 17.4 Å². The van der Waals surface area contributed by atoms with E-state index in [4.69, 9.17) is 11.1 Å².